The van der Waals surface area contributed by atoms with Crippen LogP contribution in [0.5, 0.6) is 0 Å². The minimum absolute atomic E-state index is 0.00185. The van der Waals surface area contributed by atoms with Crippen molar-refractivity contribution in [2.75, 3.05) is 0 Å². The Labute approximate surface area is 104 Å². The first-order valence-corrected chi connectivity index (χ1v) is 6.84. The molecule has 1 fully saturated rings. The normalized spacial score (nSPS) is 25.2. The van der Waals surface area contributed by atoms with Gasteiger partial charge in [-0.3, -0.25) is 0 Å². The molecule has 0 aromatic heterocycles. The van der Waals surface area contributed by atoms with Crippen LogP contribution in [-0.2, 0) is 0 Å². The first-order valence-electron chi connectivity index (χ1n) is 6.84. The Bertz CT molecular complexity index is 353. The molecule has 0 nitrogen and oxygen atoms in total. The second kappa shape index (κ2) is 5.20. The second-order valence-electron chi connectivity index (χ2n) is 5.83. The van der Waals surface area contributed by atoms with Gasteiger partial charge >= 0.3 is 0 Å². The van der Waals surface area contributed by atoms with Crippen molar-refractivity contribution in [2.24, 2.45) is 11.8 Å². The highest BCUT2D eigenvalue weighted by molar-refractivity contribution is 5.31. The summed E-state index contributed by atoms with van der Waals surface area (Å²) in [6, 6.07) is 5.46. The topological polar surface area (TPSA) is 0 Å². The van der Waals surface area contributed by atoms with Crippen LogP contribution in [0.1, 0.15) is 56.6 Å². The van der Waals surface area contributed by atoms with Gasteiger partial charge in [-0.15, -0.1) is 0 Å². The average Bonchev–Trinajstić information content (AvgIpc) is 2.29. The van der Waals surface area contributed by atoms with E-state index in [9.17, 15) is 4.39 Å². The molecule has 1 saturated carbocycles. The molecule has 1 aromatic rings. The van der Waals surface area contributed by atoms with Gasteiger partial charge in [0.2, 0.25) is 0 Å². The van der Waals surface area contributed by atoms with E-state index >= 15 is 0 Å². The van der Waals surface area contributed by atoms with Crippen LogP contribution in [0, 0.1) is 24.6 Å². The molecule has 1 aliphatic carbocycles. The maximum atomic E-state index is 13.9. The fourth-order valence-electron chi connectivity index (χ4n) is 3.24. The van der Waals surface area contributed by atoms with E-state index in [-0.39, 0.29) is 5.82 Å². The Hall–Kier alpha value is -0.850. The van der Waals surface area contributed by atoms with Crippen LogP contribution in [-0.4, -0.2) is 0 Å². The van der Waals surface area contributed by atoms with Crippen molar-refractivity contribution < 1.29 is 4.39 Å². The summed E-state index contributed by atoms with van der Waals surface area (Å²) in [6.07, 6.45) is 4.83. The zero-order valence-corrected chi connectivity index (χ0v) is 11.2. The van der Waals surface area contributed by atoms with Gasteiger partial charge in [-0.25, -0.2) is 4.39 Å². The van der Waals surface area contributed by atoms with Crippen LogP contribution in [0.4, 0.5) is 4.39 Å². The fourth-order valence-corrected chi connectivity index (χ4v) is 3.24. The summed E-state index contributed by atoms with van der Waals surface area (Å²) in [5.41, 5.74) is 2.10. The molecule has 0 saturated heterocycles. The Balaban J connectivity index is 2.11. The predicted octanol–water partition coefficient (Wildman–Crippen LogP) is 5.06. The van der Waals surface area contributed by atoms with E-state index in [0.717, 1.165) is 35.8 Å². The van der Waals surface area contributed by atoms with Crippen LogP contribution < -0.4 is 0 Å². The summed E-state index contributed by atoms with van der Waals surface area (Å²) in [6.45, 7) is 6.64. The number of rotatable bonds is 2. The highest BCUT2D eigenvalue weighted by Gasteiger charge is 2.26. The Morgan fingerprint density at radius 1 is 1.12 bits per heavy atom. The Morgan fingerprint density at radius 3 is 2.29 bits per heavy atom. The molecule has 17 heavy (non-hydrogen) atoms. The van der Waals surface area contributed by atoms with Gasteiger partial charge < -0.3 is 0 Å². The quantitative estimate of drug-likeness (QED) is 0.670. The molecule has 1 aliphatic rings. The third-order valence-corrected chi connectivity index (χ3v) is 4.39. The molecule has 0 amide bonds. The molecular formula is C16H23F. The summed E-state index contributed by atoms with van der Waals surface area (Å²) in [4.78, 5) is 0. The van der Waals surface area contributed by atoms with Gasteiger partial charge in [0.25, 0.3) is 0 Å². The summed E-state index contributed by atoms with van der Waals surface area (Å²) in [5, 5.41) is 0. The number of benzene rings is 1. The lowest BCUT2D eigenvalue weighted by Gasteiger charge is -2.31. The molecule has 0 heterocycles. The molecule has 1 aromatic carbocycles. The first-order chi connectivity index (χ1) is 8.09. The summed E-state index contributed by atoms with van der Waals surface area (Å²) in [7, 11) is 0. The smallest absolute Gasteiger partial charge is 0.126 e. The average molecular weight is 234 g/mol. The van der Waals surface area contributed by atoms with Crippen molar-refractivity contribution in [1.82, 2.24) is 0 Å². The molecule has 94 valence electrons. The predicted molar refractivity (Wildman–Crippen MR) is 70.7 cm³/mol. The van der Waals surface area contributed by atoms with E-state index in [1.807, 2.05) is 19.1 Å². The van der Waals surface area contributed by atoms with E-state index in [1.165, 1.54) is 12.8 Å². The minimum atomic E-state index is -0.00185. The molecule has 0 atom stereocenters. The maximum Gasteiger partial charge on any atom is 0.126 e. The van der Waals surface area contributed by atoms with Crippen molar-refractivity contribution in [3.8, 4) is 0 Å². The Morgan fingerprint density at radius 2 is 1.76 bits per heavy atom. The molecule has 0 unspecified atom stereocenters. The molecule has 0 spiro atoms. The molecule has 1 heteroatoms. The van der Waals surface area contributed by atoms with Gasteiger partial charge in [0, 0.05) is 0 Å². The first kappa shape index (κ1) is 12.6. The third kappa shape index (κ3) is 2.70. The molecule has 2 rings (SSSR count). The lowest BCUT2D eigenvalue weighted by atomic mass is 9.74. The maximum absolute atomic E-state index is 13.9. The number of hydrogen-bond acceptors (Lipinski definition) is 0. The van der Waals surface area contributed by atoms with Crippen molar-refractivity contribution in [3.63, 3.8) is 0 Å². The van der Waals surface area contributed by atoms with Crippen LogP contribution in [0.25, 0.3) is 0 Å². The highest BCUT2D eigenvalue weighted by atomic mass is 19.1. The Kier molecular flexibility index (Phi) is 3.86. The van der Waals surface area contributed by atoms with Crippen molar-refractivity contribution in [1.29, 1.82) is 0 Å². The van der Waals surface area contributed by atoms with Crippen LogP contribution in [0.3, 0.4) is 0 Å². The van der Waals surface area contributed by atoms with Crippen LogP contribution in [0.2, 0.25) is 0 Å². The largest absolute Gasteiger partial charge is 0.207 e. The number of aryl methyl sites for hydroxylation is 1. The second-order valence-corrected chi connectivity index (χ2v) is 5.83. The van der Waals surface area contributed by atoms with Crippen molar-refractivity contribution in [2.45, 2.75) is 52.4 Å². The zero-order valence-electron chi connectivity index (χ0n) is 11.2. The van der Waals surface area contributed by atoms with Gasteiger partial charge in [0.05, 0.1) is 0 Å². The van der Waals surface area contributed by atoms with Crippen LogP contribution >= 0.6 is 0 Å². The summed E-state index contributed by atoms with van der Waals surface area (Å²) in [5.74, 6) is 2.07. The number of halogens is 1. The molecule has 0 aliphatic heterocycles. The number of hydrogen-bond donors (Lipinski definition) is 0. The van der Waals surface area contributed by atoms with Gasteiger partial charge in [-0.05, 0) is 67.6 Å². The van der Waals surface area contributed by atoms with Gasteiger partial charge in [0.15, 0.2) is 0 Å². The van der Waals surface area contributed by atoms with E-state index < -0.39 is 0 Å². The van der Waals surface area contributed by atoms with E-state index in [1.54, 1.807) is 6.07 Å². The fraction of sp³-hybridized carbons (Fsp3) is 0.625. The van der Waals surface area contributed by atoms with Crippen LogP contribution in [0.15, 0.2) is 18.2 Å². The highest BCUT2D eigenvalue weighted by Crippen LogP contribution is 2.40. The minimum Gasteiger partial charge on any atom is -0.207 e. The van der Waals surface area contributed by atoms with Crippen molar-refractivity contribution >= 4 is 0 Å². The zero-order chi connectivity index (χ0) is 12.4. The lowest BCUT2D eigenvalue weighted by molar-refractivity contribution is 0.256. The summed E-state index contributed by atoms with van der Waals surface area (Å²) < 4.78 is 13.9. The molecular weight excluding hydrogens is 211 g/mol. The van der Waals surface area contributed by atoms with Gasteiger partial charge in [-0.2, -0.15) is 0 Å². The van der Waals surface area contributed by atoms with Crippen molar-refractivity contribution in [3.05, 3.63) is 35.1 Å². The third-order valence-electron chi connectivity index (χ3n) is 4.39. The van der Waals surface area contributed by atoms with E-state index in [2.05, 4.69) is 13.8 Å². The van der Waals surface area contributed by atoms with Gasteiger partial charge in [-0.1, -0.05) is 26.0 Å². The van der Waals surface area contributed by atoms with E-state index in [4.69, 9.17) is 0 Å². The van der Waals surface area contributed by atoms with Gasteiger partial charge in [0.1, 0.15) is 5.82 Å². The molecule has 0 bridgehead atoms. The monoisotopic (exact) mass is 234 g/mol. The molecule has 0 N–H and O–H groups in total. The lowest BCUT2D eigenvalue weighted by Crippen LogP contribution is -2.18. The SMILES string of the molecule is Cc1cccc(F)c1[C@H]1CC[C@@H](C(C)C)CC1. The van der Waals surface area contributed by atoms with E-state index in [0.29, 0.717) is 5.92 Å². The summed E-state index contributed by atoms with van der Waals surface area (Å²) >= 11 is 0. The molecule has 0 radical (unpaired) electrons. The standard InChI is InChI=1S/C16H23F/c1-11(2)13-7-9-14(10-8-13)16-12(3)5-4-6-15(16)17/h4-6,11,13-14H,7-10H2,1-3H3/t13-,14+.